The van der Waals surface area contributed by atoms with Gasteiger partial charge in [0, 0.05) is 16.6 Å². The monoisotopic (exact) mass is 415 g/mol. The van der Waals surface area contributed by atoms with Crippen LogP contribution in [0, 0.1) is 0 Å². The quantitative estimate of drug-likeness (QED) is 0.504. The predicted octanol–water partition coefficient (Wildman–Crippen LogP) is 4.48. The molecule has 0 aliphatic carbocycles. The summed E-state index contributed by atoms with van der Waals surface area (Å²) in [6, 6.07) is 19.5. The van der Waals surface area contributed by atoms with E-state index in [0.717, 1.165) is 33.3 Å². The molecule has 7 heteroatoms. The van der Waals surface area contributed by atoms with Crippen molar-refractivity contribution in [3.63, 3.8) is 0 Å². The molecule has 2 N–H and O–H groups in total. The van der Waals surface area contributed by atoms with Gasteiger partial charge >= 0.3 is 0 Å². The van der Waals surface area contributed by atoms with E-state index in [0.29, 0.717) is 17.3 Å². The van der Waals surface area contributed by atoms with Gasteiger partial charge in [0.2, 0.25) is 5.91 Å². The number of hydrogen-bond donors (Lipinski definition) is 2. The molecule has 0 radical (unpaired) electrons. The Hall–Kier alpha value is -3.71. The van der Waals surface area contributed by atoms with Crippen molar-refractivity contribution in [1.29, 1.82) is 0 Å². The SMILES string of the molecule is O=C(COc1ccc2ccccc2c1)Nc1nc(-c2ccc3c(c2)CC(=O)N3)cs1. The molecule has 6 nitrogen and oxygen atoms in total. The predicted molar refractivity (Wildman–Crippen MR) is 118 cm³/mol. The van der Waals surface area contributed by atoms with E-state index in [1.165, 1.54) is 11.3 Å². The topological polar surface area (TPSA) is 80.3 Å². The fourth-order valence-electron chi connectivity index (χ4n) is 3.41. The molecule has 5 rings (SSSR count). The van der Waals surface area contributed by atoms with E-state index in [1.54, 1.807) is 0 Å². The molecule has 148 valence electrons. The Bertz CT molecular complexity index is 1280. The number of amides is 2. The van der Waals surface area contributed by atoms with Crippen molar-refractivity contribution in [3.8, 4) is 17.0 Å². The number of thiazole rings is 1. The molecule has 4 aromatic rings. The molecule has 0 bridgehead atoms. The molecule has 0 saturated carbocycles. The first-order chi connectivity index (χ1) is 14.6. The summed E-state index contributed by atoms with van der Waals surface area (Å²) in [7, 11) is 0. The lowest BCUT2D eigenvalue weighted by molar-refractivity contribution is -0.118. The molecule has 0 spiro atoms. The minimum atomic E-state index is -0.271. The summed E-state index contributed by atoms with van der Waals surface area (Å²) < 4.78 is 5.63. The first kappa shape index (κ1) is 18.3. The number of ether oxygens (including phenoxy) is 1. The Morgan fingerprint density at radius 3 is 2.87 bits per heavy atom. The number of anilines is 2. The van der Waals surface area contributed by atoms with Gasteiger partial charge in [0.05, 0.1) is 12.1 Å². The minimum Gasteiger partial charge on any atom is -0.484 e. The van der Waals surface area contributed by atoms with Crippen molar-refractivity contribution < 1.29 is 14.3 Å². The molecule has 0 fully saturated rings. The molecule has 1 aromatic heterocycles. The lowest BCUT2D eigenvalue weighted by Crippen LogP contribution is -2.20. The Morgan fingerprint density at radius 1 is 1.10 bits per heavy atom. The normalized spacial score (nSPS) is 12.5. The lowest BCUT2D eigenvalue weighted by Gasteiger charge is -2.07. The number of nitrogens with zero attached hydrogens (tertiary/aromatic N) is 1. The summed E-state index contributed by atoms with van der Waals surface area (Å²) in [5.74, 6) is 0.373. The standard InChI is InChI=1S/C23H17N3O3S/c27-21-11-17-9-16(6-8-19(17)24-21)20-13-30-23(25-20)26-22(28)12-29-18-7-5-14-3-1-2-4-15(14)10-18/h1-10,13H,11-12H2,(H,24,27)(H,25,26,28). The third-order valence-corrected chi connectivity index (χ3v) is 5.63. The van der Waals surface area contributed by atoms with Crippen LogP contribution in [-0.4, -0.2) is 23.4 Å². The number of carbonyl (C=O) groups is 2. The van der Waals surface area contributed by atoms with Crippen molar-refractivity contribution in [1.82, 2.24) is 4.98 Å². The summed E-state index contributed by atoms with van der Waals surface area (Å²) in [5, 5.41) is 10.2. The van der Waals surface area contributed by atoms with Gasteiger partial charge in [-0.3, -0.25) is 14.9 Å². The van der Waals surface area contributed by atoms with E-state index < -0.39 is 0 Å². The van der Waals surface area contributed by atoms with Crippen LogP contribution in [0.5, 0.6) is 5.75 Å². The number of nitrogens with one attached hydrogen (secondary N) is 2. The molecule has 1 aliphatic heterocycles. The summed E-state index contributed by atoms with van der Waals surface area (Å²) in [4.78, 5) is 28.3. The fraction of sp³-hybridized carbons (Fsp3) is 0.0870. The molecule has 0 atom stereocenters. The second-order valence-corrected chi connectivity index (χ2v) is 7.84. The van der Waals surface area contributed by atoms with Gasteiger partial charge in [-0.05, 0) is 40.6 Å². The minimum absolute atomic E-state index is 0.000191. The number of hydrogen-bond acceptors (Lipinski definition) is 5. The fourth-order valence-corrected chi connectivity index (χ4v) is 4.15. The van der Waals surface area contributed by atoms with Gasteiger partial charge in [-0.1, -0.05) is 36.4 Å². The van der Waals surface area contributed by atoms with Crippen LogP contribution in [0.1, 0.15) is 5.56 Å². The van der Waals surface area contributed by atoms with Crippen LogP contribution < -0.4 is 15.4 Å². The zero-order valence-corrected chi connectivity index (χ0v) is 16.7. The van der Waals surface area contributed by atoms with Gasteiger partial charge in [-0.2, -0.15) is 0 Å². The number of benzene rings is 3. The van der Waals surface area contributed by atoms with Crippen LogP contribution in [0.15, 0.2) is 66.0 Å². The maximum Gasteiger partial charge on any atom is 0.264 e. The highest BCUT2D eigenvalue weighted by molar-refractivity contribution is 7.14. The maximum atomic E-state index is 12.3. The third-order valence-electron chi connectivity index (χ3n) is 4.87. The Labute approximate surface area is 176 Å². The van der Waals surface area contributed by atoms with E-state index >= 15 is 0 Å². The van der Waals surface area contributed by atoms with Crippen molar-refractivity contribution >= 4 is 44.7 Å². The van der Waals surface area contributed by atoms with Crippen molar-refractivity contribution in [2.24, 2.45) is 0 Å². The molecule has 2 amide bonds. The number of fused-ring (bicyclic) bond motifs is 2. The first-order valence-electron chi connectivity index (χ1n) is 9.44. The van der Waals surface area contributed by atoms with E-state index in [4.69, 9.17) is 4.74 Å². The third kappa shape index (κ3) is 3.75. The van der Waals surface area contributed by atoms with E-state index in [9.17, 15) is 9.59 Å². The molecule has 2 heterocycles. The molecular formula is C23H17N3O3S. The zero-order chi connectivity index (χ0) is 20.5. The summed E-state index contributed by atoms with van der Waals surface area (Å²) in [6.45, 7) is -0.0973. The molecule has 0 saturated heterocycles. The second-order valence-electron chi connectivity index (χ2n) is 6.98. The Morgan fingerprint density at radius 2 is 1.97 bits per heavy atom. The van der Waals surface area contributed by atoms with Crippen LogP contribution >= 0.6 is 11.3 Å². The summed E-state index contributed by atoms with van der Waals surface area (Å²) in [5.41, 5.74) is 3.47. The maximum absolute atomic E-state index is 12.3. The Balaban J connectivity index is 1.22. The summed E-state index contributed by atoms with van der Waals surface area (Å²) in [6.07, 6.45) is 0.378. The molecule has 30 heavy (non-hydrogen) atoms. The van der Waals surface area contributed by atoms with Gasteiger partial charge in [-0.15, -0.1) is 11.3 Å². The van der Waals surface area contributed by atoms with E-state index in [1.807, 2.05) is 66.0 Å². The van der Waals surface area contributed by atoms with Crippen LogP contribution in [0.3, 0.4) is 0 Å². The average Bonchev–Trinajstić information content (AvgIpc) is 3.37. The van der Waals surface area contributed by atoms with Crippen molar-refractivity contribution in [2.45, 2.75) is 6.42 Å². The van der Waals surface area contributed by atoms with Crippen LogP contribution in [-0.2, 0) is 16.0 Å². The molecule has 1 aliphatic rings. The smallest absolute Gasteiger partial charge is 0.264 e. The van der Waals surface area contributed by atoms with Crippen LogP contribution in [0.4, 0.5) is 10.8 Å². The largest absolute Gasteiger partial charge is 0.484 e. The molecule has 0 unspecified atom stereocenters. The van der Waals surface area contributed by atoms with Crippen molar-refractivity contribution in [3.05, 3.63) is 71.6 Å². The van der Waals surface area contributed by atoms with Gasteiger partial charge in [0.1, 0.15) is 5.75 Å². The van der Waals surface area contributed by atoms with Crippen LogP contribution in [0.25, 0.3) is 22.0 Å². The number of aromatic nitrogens is 1. The van der Waals surface area contributed by atoms with E-state index in [2.05, 4.69) is 15.6 Å². The summed E-state index contributed by atoms with van der Waals surface area (Å²) >= 11 is 1.35. The zero-order valence-electron chi connectivity index (χ0n) is 15.8. The first-order valence-corrected chi connectivity index (χ1v) is 10.3. The van der Waals surface area contributed by atoms with Crippen molar-refractivity contribution in [2.75, 3.05) is 17.2 Å². The second kappa shape index (κ2) is 7.61. The molecular weight excluding hydrogens is 398 g/mol. The highest BCUT2D eigenvalue weighted by atomic mass is 32.1. The average molecular weight is 415 g/mol. The van der Waals surface area contributed by atoms with Gasteiger partial charge in [-0.25, -0.2) is 4.98 Å². The van der Waals surface area contributed by atoms with Crippen LogP contribution in [0.2, 0.25) is 0 Å². The number of carbonyl (C=O) groups excluding carboxylic acids is 2. The van der Waals surface area contributed by atoms with Gasteiger partial charge in [0.25, 0.3) is 5.91 Å². The number of rotatable bonds is 5. The van der Waals surface area contributed by atoms with Gasteiger partial charge in [0.15, 0.2) is 11.7 Å². The van der Waals surface area contributed by atoms with Gasteiger partial charge < -0.3 is 10.1 Å². The van der Waals surface area contributed by atoms with E-state index in [-0.39, 0.29) is 18.4 Å². The molecule has 3 aromatic carbocycles. The highest BCUT2D eigenvalue weighted by Crippen LogP contribution is 2.31. The lowest BCUT2D eigenvalue weighted by atomic mass is 10.1. The Kier molecular flexibility index (Phi) is 4.65. The highest BCUT2D eigenvalue weighted by Gasteiger charge is 2.18.